The normalized spacial score (nSPS) is 11.2. The molecule has 96 valence electrons. The second-order valence-corrected chi connectivity index (χ2v) is 4.63. The van der Waals surface area contributed by atoms with Crippen LogP contribution in [-0.4, -0.2) is 19.8 Å². The van der Waals surface area contributed by atoms with E-state index in [1.807, 2.05) is 16.7 Å². The van der Waals surface area contributed by atoms with Gasteiger partial charge in [-0.15, -0.1) is 0 Å². The summed E-state index contributed by atoms with van der Waals surface area (Å²) < 4.78 is 1.82. The molecule has 0 radical (unpaired) electrons. The van der Waals surface area contributed by atoms with Crippen LogP contribution in [0.1, 0.15) is 36.6 Å². The molecule has 18 heavy (non-hydrogen) atoms. The molecule has 0 fully saturated rings. The molecule has 0 aliphatic carbocycles. The number of aliphatic hydroxyl groups excluding tert-OH is 2. The smallest absolute Gasteiger partial charge is 0.0996 e. The van der Waals surface area contributed by atoms with E-state index in [0.29, 0.717) is 11.6 Å². The van der Waals surface area contributed by atoms with E-state index in [1.165, 1.54) is 5.56 Å². The molecular weight excluding hydrogens is 228 g/mol. The molecule has 0 bridgehead atoms. The molecule has 0 unspecified atom stereocenters. The van der Waals surface area contributed by atoms with E-state index >= 15 is 0 Å². The van der Waals surface area contributed by atoms with Gasteiger partial charge < -0.3 is 14.8 Å². The summed E-state index contributed by atoms with van der Waals surface area (Å²) in [5.41, 5.74) is 3.58. The van der Waals surface area contributed by atoms with Crippen LogP contribution in [-0.2, 0) is 13.2 Å². The molecular formula is C14H18N2O2. The molecule has 4 nitrogen and oxygen atoms in total. The van der Waals surface area contributed by atoms with Crippen LogP contribution >= 0.6 is 0 Å². The topological polar surface area (TPSA) is 58.3 Å². The van der Waals surface area contributed by atoms with Crippen LogP contribution < -0.4 is 0 Å². The van der Waals surface area contributed by atoms with Crippen molar-refractivity contribution in [3.8, 4) is 5.69 Å². The van der Waals surface area contributed by atoms with Gasteiger partial charge in [-0.05, 0) is 17.5 Å². The fourth-order valence-electron chi connectivity index (χ4n) is 1.92. The predicted molar refractivity (Wildman–Crippen MR) is 69.5 cm³/mol. The maximum Gasteiger partial charge on any atom is 0.0996 e. The third kappa shape index (κ3) is 2.44. The van der Waals surface area contributed by atoms with Crippen LogP contribution in [0.5, 0.6) is 0 Å². The molecule has 0 aliphatic rings. The Labute approximate surface area is 107 Å². The first-order valence-electron chi connectivity index (χ1n) is 6.03. The predicted octanol–water partition coefficient (Wildman–Crippen LogP) is 1.98. The fourth-order valence-corrected chi connectivity index (χ4v) is 1.92. The van der Waals surface area contributed by atoms with Crippen molar-refractivity contribution in [1.29, 1.82) is 0 Å². The van der Waals surface area contributed by atoms with Crippen molar-refractivity contribution in [2.45, 2.75) is 33.0 Å². The minimum absolute atomic E-state index is 0.0114. The Morgan fingerprint density at radius 3 is 2.56 bits per heavy atom. The minimum atomic E-state index is -0.0778. The van der Waals surface area contributed by atoms with Gasteiger partial charge in [0.1, 0.15) is 0 Å². The van der Waals surface area contributed by atoms with Gasteiger partial charge >= 0.3 is 0 Å². The minimum Gasteiger partial charge on any atom is -0.392 e. The second-order valence-electron chi connectivity index (χ2n) is 4.63. The van der Waals surface area contributed by atoms with Crippen molar-refractivity contribution >= 4 is 0 Å². The molecule has 0 saturated carbocycles. The van der Waals surface area contributed by atoms with Gasteiger partial charge in [-0.3, -0.25) is 0 Å². The van der Waals surface area contributed by atoms with Gasteiger partial charge in [-0.2, -0.15) is 0 Å². The molecule has 1 aromatic carbocycles. The van der Waals surface area contributed by atoms with E-state index in [1.54, 1.807) is 12.5 Å². The summed E-state index contributed by atoms with van der Waals surface area (Å²) in [6.45, 7) is 4.16. The van der Waals surface area contributed by atoms with Gasteiger partial charge in [0.15, 0.2) is 0 Å². The molecule has 2 N–H and O–H groups in total. The summed E-state index contributed by atoms with van der Waals surface area (Å²) in [6.07, 6.45) is 3.42. The number of nitrogens with zero attached hydrogens (tertiary/aromatic N) is 2. The van der Waals surface area contributed by atoms with E-state index in [0.717, 1.165) is 11.3 Å². The van der Waals surface area contributed by atoms with Gasteiger partial charge in [0, 0.05) is 11.8 Å². The summed E-state index contributed by atoms with van der Waals surface area (Å²) in [5, 5.41) is 18.5. The Morgan fingerprint density at radius 1 is 1.22 bits per heavy atom. The Balaban J connectivity index is 2.44. The first kappa shape index (κ1) is 12.8. The molecule has 0 saturated heterocycles. The SMILES string of the molecule is CC(C)c1ccc(-n2cnc(CO)c2)c(CO)c1. The van der Waals surface area contributed by atoms with Crippen molar-refractivity contribution in [1.82, 2.24) is 9.55 Å². The largest absolute Gasteiger partial charge is 0.392 e. The monoisotopic (exact) mass is 246 g/mol. The van der Waals surface area contributed by atoms with E-state index < -0.39 is 0 Å². The summed E-state index contributed by atoms with van der Waals surface area (Å²) in [5.74, 6) is 0.431. The maximum absolute atomic E-state index is 9.47. The van der Waals surface area contributed by atoms with Gasteiger partial charge in [-0.25, -0.2) is 4.98 Å². The van der Waals surface area contributed by atoms with Crippen LogP contribution in [0.2, 0.25) is 0 Å². The highest BCUT2D eigenvalue weighted by Gasteiger charge is 2.08. The summed E-state index contributed by atoms with van der Waals surface area (Å²) in [4.78, 5) is 4.08. The van der Waals surface area contributed by atoms with Crippen LogP contribution in [0, 0.1) is 0 Å². The molecule has 2 aromatic rings. The summed E-state index contributed by atoms with van der Waals surface area (Å²) >= 11 is 0. The lowest BCUT2D eigenvalue weighted by molar-refractivity contribution is 0.277. The summed E-state index contributed by atoms with van der Waals surface area (Å²) in [7, 11) is 0. The first-order chi connectivity index (χ1) is 8.65. The highest BCUT2D eigenvalue weighted by molar-refractivity contribution is 5.44. The van der Waals surface area contributed by atoms with E-state index in [9.17, 15) is 5.11 Å². The molecule has 1 aromatic heterocycles. The first-order valence-corrected chi connectivity index (χ1v) is 6.03. The van der Waals surface area contributed by atoms with Crippen LogP contribution in [0.15, 0.2) is 30.7 Å². The van der Waals surface area contributed by atoms with Gasteiger partial charge in [-0.1, -0.05) is 26.0 Å². The van der Waals surface area contributed by atoms with Crippen molar-refractivity contribution in [2.24, 2.45) is 0 Å². The van der Waals surface area contributed by atoms with Crippen LogP contribution in [0.3, 0.4) is 0 Å². The molecule has 0 aliphatic heterocycles. The van der Waals surface area contributed by atoms with E-state index in [2.05, 4.69) is 24.9 Å². The lowest BCUT2D eigenvalue weighted by Crippen LogP contribution is -2.00. The Bertz CT molecular complexity index is 532. The zero-order valence-electron chi connectivity index (χ0n) is 10.7. The number of hydrogen-bond acceptors (Lipinski definition) is 3. The Hall–Kier alpha value is -1.65. The molecule has 0 atom stereocenters. The van der Waals surface area contributed by atoms with Crippen molar-refractivity contribution in [3.63, 3.8) is 0 Å². The number of aliphatic hydroxyl groups is 2. The van der Waals surface area contributed by atoms with Crippen molar-refractivity contribution in [2.75, 3.05) is 0 Å². The Morgan fingerprint density at radius 2 is 2.00 bits per heavy atom. The van der Waals surface area contributed by atoms with Gasteiger partial charge in [0.2, 0.25) is 0 Å². The maximum atomic E-state index is 9.47. The molecule has 4 heteroatoms. The second kappa shape index (κ2) is 5.33. The lowest BCUT2D eigenvalue weighted by atomic mass is 10.00. The third-order valence-corrected chi connectivity index (χ3v) is 3.02. The van der Waals surface area contributed by atoms with Crippen LogP contribution in [0.25, 0.3) is 5.69 Å². The van der Waals surface area contributed by atoms with Gasteiger partial charge in [0.05, 0.1) is 30.9 Å². The molecule has 1 heterocycles. The number of aromatic nitrogens is 2. The lowest BCUT2D eigenvalue weighted by Gasteiger charge is -2.12. The number of imidazole rings is 1. The average molecular weight is 246 g/mol. The number of rotatable bonds is 4. The quantitative estimate of drug-likeness (QED) is 0.867. The highest BCUT2D eigenvalue weighted by atomic mass is 16.3. The van der Waals surface area contributed by atoms with E-state index in [-0.39, 0.29) is 13.2 Å². The Kier molecular flexibility index (Phi) is 3.79. The highest BCUT2D eigenvalue weighted by Crippen LogP contribution is 2.22. The number of hydrogen-bond donors (Lipinski definition) is 2. The molecule has 2 rings (SSSR count). The zero-order chi connectivity index (χ0) is 13.1. The summed E-state index contributed by atoms with van der Waals surface area (Å²) in [6, 6.07) is 6.04. The van der Waals surface area contributed by atoms with Crippen molar-refractivity contribution in [3.05, 3.63) is 47.5 Å². The standard InChI is InChI=1S/C14H18N2O2/c1-10(2)11-3-4-14(12(5-11)7-17)16-6-13(8-18)15-9-16/h3-6,9-10,17-18H,7-8H2,1-2H3. The van der Waals surface area contributed by atoms with E-state index in [4.69, 9.17) is 5.11 Å². The fraction of sp³-hybridized carbons (Fsp3) is 0.357. The van der Waals surface area contributed by atoms with Gasteiger partial charge in [0.25, 0.3) is 0 Å². The number of benzene rings is 1. The van der Waals surface area contributed by atoms with Crippen LogP contribution in [0.4, 0.5) is 0 Å². The molecule has 0 spiro atoms. The van der Waals surface area contributed by atoms with Crippen molar-refractivity contribution < 1.29 is 10.2 Å². The average Bonchev–Trinajstić information content (AvgIpc) is 2.86. The third-order valence-electron chi connectivity index (χ3n) is 3.02. The zero-order valence-corrected chi connectivity index (χ0v) is 10.7. The molecule has 0 amide bonds.